The van der Waals surface area contributed by atoms with E-state index in [0.717, 1.165) is 38.4 Å². The lowest BCUT2D eigenvalue weighted by atomic mass is 9.82. The van der Waals surface area contributed by atoms with Crippen LogP contribution < -0.4 is 5.32 Å². The molecule has 0 bridgehead atoms. The molecular weight excluding hydrogens is 266 g/mol. The van der Waals surface area contributed by atoms with Gasteiger partial charge in [0.05, 0.1) is 0 Å². The normalized spacial score (nSPS) is 35.3. The zero-order valence-electron chi connectivity index (χ0n) is 13.3. The first-order valence-electron chi connectivity index (χ1n) is 8.56. The summed E-state index contributed by atoms with van der Waals surface area (Å²) in [6, 6.07) is 0. The fraction of sp³-hybridized carbons (Fsp3) is 0.938. The molecule has 2 unspecified atom stereocenters. The van der Waals surface area contributed by atoms with Crippen LogP contribution in [-0.2, 0) is 9.57 Å². The van der Waals surface area contributed by atoms with Crippen LogP contribution in [0.2, 0.25) is 0 Å². The van der Waals surface area contributed by atoms with Crippen molar-refractivity contribution in [3.05, 3.63) is 0 Å². The molecule has 5 nitrogen and oxygen atoms in total. The molecule has 0 aromatic rings. The van der Waals surface area contributed by atoms with Crippen molar-refractivity contribution in [2.45, 2.75) is 51.6 Å². The highest BCUT2D eigenvalue weighted by molar-refractivity contribution is 5.82. The highest BCUT2D eigenvalue weighted by Crippen LogP contribution is 2.33. The molecule has 0 amide bonds. The summed E-state index contributed by atoms with van der Waals surface area (Å²) in [7, 11) is 0. The second kappa shape index (κ2) is 6.97. The Morgan fingerprint density at radius 1 is 1.19 bits per heavy atom. The van der Waals surface area contributed by atoms with Crippen molar-refractivity contribution in [3.63, 3.8) is 0 Å². The fourth-order valence-corrected chi connectivity index (χ4v) is 3.60. The van der Waals surface area contributed by atoms with Crippen LogP contribution in [0.5, 0.6) is 0 Å². The standard InChI is InChI=1S/C16H29N3O2/c1-16(6-5-8-17-9-7-16)15-18-20-13-14(21-15)12-19-10-3-2-4-11-19/h14,17H,2-13H2,1H3. The highest BCUT2D eigenvalue weighted by Gasteiger charge is 2.37. The van der Waals surface area contributed by atoms with Crippen LogP contribution in [-0.4, -0.2) is 56.2 Å². The smallest absolute Gasteiger partial charge is 0.232 e. The highest BCUT2D eigenvalue weighted by atomic mass is 16.7. The molecule has 2 saturated heterocycles. The van der Waals surface area contributed by atoms with Crippen LogP contribution in [0.15, 0.2) is 5.16 Å². The summed E-state index contributed by atoms with van der Waals surface area (Å²) in [5, 5.41) is 7.72. The summed E-state index contributed by atoms with van der Waals surface area (Å²) in [5.74, 6) is 0.833. The van der Waals surface area contributed by atoms with E-state index in [-0.39, 0.29) is 11.5 Å². The Bertz CT molecular complexity index is 359. The molecule has 0 aliphatic carbocycles. The molecule has 0 aromatic heterocycles. The molecule has 3 aliphatic heterocycles. The molecule has 3 rings (SSSR count). The lowest BCUT2D eigenvalue weighted by Gasteiger charge is -2.36. The van der Waals surface area contributed by atoms with Crippen molar-refractivity contribution in [2.75, 3.05) is 39.3 Å². The van der Waals surface area contributed by atoms with Crippen molar-refractivity contribution in [3.8, 4) is 0 Å². The van der Waals surface area contributed by atoms with E-state index in [2.05, 4.69) is 22.3 Å². The SMILES string of the molecule is CC1(C2=NOCC(CN3CCCCC3)O2)CCCNCC1. The Hall–Kier alpha value is -0.810. The predicted octanol–water partition coefficient (Wildman–Crippen LogP) is 1.98. The number of rotatable bonds is 3. The predicted molar refractivity (Wildman–Crippen MR) is 83.4 cm³/mol. The van der Waals surface area contributed by atoms with E-state index in [9.17, 15) is 0 Å². The van der Waals surface area contributed by atoms with Crippen LogP contribution in [0.3, 0.4) is 0 Å². The molecule has 0 radical (unpaired) electrons. The van der Waals surface area contributed by atoms with E-state index in [4.69, 9.17) is 9.57 Å². The van der Waals surface area contributed by atoms with Crippen LogP contribution in [0.25, 0.3) is 0 Å². The Morgan fingerprint density at radius 2 is 2.05 bits per heavy atom. The molecule has 21 heavy (non-hydrogen) atoms. The maximum Gasteiger partial charge on any atom is 0.232 e. The van der Waals surface area contributed by atoms with Gasteiger partial charge in [-0.1, -0.05) is 18.5 Å². The van der Waals surface area contributed by atoms with Gasteiger partial charge in [0.2, 0.25) is 5.90 Å². The first-order chi connectivity index (χ1) is 10.3. The maximum absolute atomic E-state index is 6.24. The van der Waals surface area contributed by atoms with Gasteiger partial charge in [0.1, 0.15) is 6.10 Å². The zero-order chi connectivity index (χ0) is 14.5. The molecule has 0 saturated carbocycles. The second-order valence-electron chi connectivity index (χ2n) is 6.96. The van der Waals surface area contributed by atoms with Gasteiger partial charge in [0, 0.05) is 12.0 Å². The van der Waals surface area contributed by atoms with Crippen molar-refractivity contribution >= 4 is 5.90 Å². The number of piperidine rings is 1. The summed E-state index contributed by atoms with van der Waals surface area (Å²) in [5.41, 5.74) is 0.0318. The molecule has 5 heteroatoms. The monoisotopic (exact) mass is 295 g/mol. The summed E-state index contributed by atoms with van der Waals surface area (Å²) in [6.07, 6.45) is 7.52. The Labute approximate surface area is 128 Å². The van der Waals surface area contributed by atoms with Gasteiger partial charge >= 0.3 is 0 Å². The summed E-state index contributed by atoms with van der Waals surface area (Å²) >= 11 is 0. The first-order valence-corrected chi connectivity index (χ1v) is 8.56. The number of hydrogen-bond acceptors (Lipinski definition) is 5. The molecule has 3 aliphatic rings. The Morgan fingerprint density at radius 3 is 2.90 bits per heavy atom. The van der Waals surface area contributed by atoms with Crippen LogP contribution in [0, 0.1) is 5.41 Å². The lowest BCUT2D eigenvalue weighted by molar-refractivity contribution is -0.0215. The maximum atomic E-state index is 6.24. The van der Waals surface area contributed by atoms with Crippen molar-refractivity contribution in [1.29, 1.82) is 0 Å². The van der Waals surface area contributed by atoms with Gasteiger partial charge in [-0.15, -0.1) is 0 Å². The van der Waals surface area contributed by atoms with Crippen LogP contribution in [0.1, 0.15) is 45.4 Å². The average Bonchev–Trinajstić information content (AvgIpc) is 2.74. The Kier molecular flexibility index (Phi) is 5.01. The van der Waals surface area contributed by atoms with Gasteiger partial charge in [-0.25, -0.2) is 0 Å². The quantitative estimate of drug-likeness (QED) is 0.865. The number of hydrogen-bond donors (Lipinski definition) is 1. The minimum absolute atomic E-state index is 0.0318. The molecule has 2 fully saturated rings. The zero-order valence-corrected chi connectivity index (χ0v) is 13.3. The number of nitrogens with one attached hydrogen (secondary N) is 1. The molecule has 0 spiro atoms. The second-order valence-corrected chi connectivity index (χ2v) is 6.96. The van der Waals surface area contributed by atoms with Crippen molar-refractivity contribution in [1.82, 2.24) is 10.2 Å². The minimum atomic E-state index is 0.0318. The van der Waals surface area contributed by atoms with Gasteiger partial charge in [-0.05, 0) is 58.3 Å². The van der Waals surface area contributed by atoms with E-state index in [1.807, 2.05) is 0 Å². The van der Waals surface area contributed by atoms with E-state index in [0.29, 0.717) is 6.61 Å². The van der Waals surface area contributed by atoms with Gasteiger partial charge in [-0.2, -0.15) is 0 Å². The lowest BCUT2D eigenvalue weighted by Crippen LogP contribution is -2.45. The van der Waals surface area contributed by atoms with Gasteiger partial charge in [0.15, 0.2) is 6.61 Å². The van der Waals surface area contributed by atoms with Crippen LogP contribution in [0.4, 0.5) is 0 Å². The number of nitrogens with zero attached hydrogens (tertiary/aromatic N) is 2. The van der Waals surface area contributed by atoms with Gasteiger partial charge in [0.25, 0.3) is 0 Å². The topological polar surface area (TPSA) is 46.1 Å². The molecule has 1 N–H and O–H groups in total. The fourth-order valence-electron chi connectivity index (χ4n) is 3.60. The summed E-state index contributed by atoms with van der Waals surface area (Å²) in [6.45, 7) is 8.38. The molecule has 2 atom stereocenters. The van der Waals surface area contributed by atoms with E-state index >= 15 is 0 Å². The summed E-state index contributed by atoms with van der Waals surface area (Å²) < 4.78 is 6.24. The minimum Gasteiger partial charge on any atom is -0.470 e. The summed E-state index contributed by atoms with van der Waals surface area (Å²) in [4.78, 5) is 8.02. The number of ether oxygens (including phenoxy) is 1. The van der Waals surface area contributed by atoms with E-state index in [1.165, 1.54) is 38.8 Å². The van der Waals surface area contributed by atoms with Crippen molar-refractivity contribution in [2.24, 2.45) is 10.6 Å². The van der Waals surface area contributed by atoms with E-state index in [1.54, 1.807) is 0 Å². The first kappa shape index (κ1) is 15.1. The van der Waals surface area contributed by atoms with Crippen LogP contribution >= 0.6 is 0 Å². The van der Waals surface area contributed by atoms with E-state index < -0.39 is 0 Å². The third kappa shape index (κ3) is 3.89. The average molecular weight is 295 g/mol. The molecule has 3 heterocycles. The third-order valence-corrected chi connectivity index (χ3v) is 5.05. The number of likely N-dealkylation sites (tertiary alicyclic amines) is 1. The molecular formula is C16H29N3O2. The Balaban J connectivity index is 1.57. The molecule has 120 valence electrons. The van der Waals surface area contributed by atoms with Crippen molar-refractivity contribution < 1.29 is 9.57 Å². The van der Waals surface area contributed by atoms with Gasteiger partial charge < -0.3 is 14.9 Å². The third-order valence-electron chi connectivity index (χ3n) is 5.05. The van der Waals surface area contributed by atoms with Gasteiger partial charge in [-0.3, -0.25) is 4.90 Å². The number of oxime groups is 1. The molecule has 0 aromatic carbocycles. The largest absolute Gasteiger partial charge is 0.470 e.